The number of ether oxygens (including phenoxy) is 1. The molecular formula is C22H20N2O3. The highest BCUT2D eigenvalue weighted by atomic mass is 16.5. The number of ketones is 1. The number of hydrogen-bond acceptors (Lipinski definition) is 4. The summed E-state index contributed by atoms with van der Waals surface area (Å²) in [5, 5.41) is 2.77. The average Bonchev–Trinajstić information content (AvgIpc) is 2.69. The summed E-state index contributed by atoms with van der Waals surface area (Å²) < 4.78 is 5.24. The molecular weight excluding hydrogens is 340 g/mol. The van der Waals surface area contributed by atoms with E-state index in [1.807, 2.05) is 32.0 Å². The highest BCUT2D eigenvalue weighted by Gasteiger charge is 2.20. The van der Waals surface area contributed by atoms with Crippen molar-refractivity contribution in [3.05, 3.63) is 88.7 Å². The molecule has 0 aliphatic carbocycles. The zero-order chi connectivity index (χ0) is 19.4. The zero-order valence-corrected chi connectivity index (χ0v) is 15.4. The van der Waals surface area contributed by atoms with Crippen molar-refractivity contribution in [2.45, 2.75) is 13.8 Å². The normalized spacial score (nSPS) is 10.3. The van der Waals surface area contributed by atoms with E-state index < -0.39 is 5.91 Å². The second-order valence-electron chi connectivity index (χ2n) is 6.22. The number of aromatic nitrogens is 1. The Balaban J connectivity index is 1.97. The first-order valence-electron chi connectivity index (χ1n) is 8.51. The Kier molecular flexibility index (Phi) is 5.31. The van der Waals surface area contributed by atoms with Gasteiger partial charge in [-0.25, -0.2) is 0 Å². The third-order valence-electron chi connectivity index (χ3n) is 4.30. The van der Waals surface area contributed by atoms with Gasteiger partial charge in [-0.1, -0.05) is 35.9 Å². The number of benzene rings is 2. The predicted molar refractivity (Wildman–Crippen MR) is 105 cm³/mol. The molecule has 1 aromatic heterocycles. The number of nitrogens with zero attached hydrogens (tertiary/aromatic N) is 1. The molecule has 3 rings (SSSR count). The highest BCUT2D eigenvalue weighted by molar-refractivity contribution is 6.18. The largest absolute Gasteiger partial charge is 0.494 e. The Morgan fingerprint density at radius 1 is 0.963 bits per heavy atom. The standard InChI is InChI=1S/C22H20N2O3/c1-14-8-9-15(2)18(12-14)21(25)16-6-4-5-7-17(16)22(26)24-19-13-23-11-10-20(19)27-3/h4-13H,1-3H3,(H,24,26). The molecule has 0 fully saturated rings. The van der Waals surface area contributed by atoms with Crippen molar-refractivity contribution in [1.29, 1.82) is 0 Å². The van der Waals surface area contributed by atoms with Gasteiger partial charge in [-0.2, -0.15) is 0 Å². The fourth-order valence-corrected chi connectivity index (χ4v) is 2.85. The van der Waals surface area contributed by atoms with Crippen molar-refractivity contribution in [1.82, 2.24) is 4.98 Å². The van der Waals surface area contributed by atoms with Crippen LogP contribution >= 0.6 is 0 Å². The van der Waals surface area contributed by atoms with E-state index in [4.69, 9.17) is 4.74 Å². The molecule has 0 saturated carbocycles. The van der Waals surface area contributed by atoms with Gasteiger partial charge in [-0.05, 0) is 31.5 Å². The number of amides is 1. The molecule has 0 atom stereocenters. The van der Waals surface area contributed by atoms with Gasteiger partial charge in [0.2, 0.25) is 0 Å². The number of anilines is 1. The Morgan fingerprint density at radius 3 is 2.44 bits per heavy atom. The van der Waals surface area contributed by atoms with Gasteiger partial charge in [0, 0.05) is 23.4 Å². The van der Waals surface area contributed by atoms with E-state index in [1.165, 1.54) is 13.3 Å². The van der Waals surface area contributed by atoms with E-state index in [1.54, 1.807) is 36.5 Å². The fourth-order valence-electron chi connectivity index (χ4n) is 2.85. The van der Waals surface area contributed by atoms with E-state index in [0.29, 0.717) is 28.1 Å². The van der Waals surface area contributed by atoms with Crippen molar-refractivity contribution in [2.24, 2.45) is 0 Å². The summed E-state index contributed by atoms with van der Waals surface area (Å²) in [7, 11) is 1.52. The zero-order valence-electron chi connectivity index (χ0n) is 15.4. The quantitative estimate of drug-likeness (QED) is 0.693. The van der Waals surface area contributed by atoms with E-state index in [2.05, 4.69) is 10.3 Å². The number of aryl methyl sites for hydroxylation is 2. The van der Waals surface area contributed by atoms with E-state index in [0.717, 1.165) is 11.1 Å². The first-order valence-corrected chi connectivity index (χ1v) is 8.51. The molecule has 1 N–H and O–H groups in total. The van der Waals surface area contributed by atoms with Crippen LogP contribution in [0.3, 0.4) is 0 Å². The maximum absolute atomic E-state index is 13.1. The lowest BCUT2D eigenvalue weighted by Crippen LogP contribution is -2.18. The van der Waals surface area contributed by atoms with E-state index in [9.17, 15) is 9.59 Å². The van der Waals surface area contributed by atoms with Crippen LogP contribution < -0.4 is 10.1 Å². The Morgan fingerprint density at radius 2 is 1.70 bits per heavy atom. The summed E-state index contributed by atoms with van der Waals surface area (Å²) in [5.74, 6) is -0.0765. The van der Waals surface area contributed by atoms with Crippen molar-refractivity contribution in [2.75, 3.05) is 12.4 Å². The van der Waals surface area contributed by atoms with Gasteiger partial charge in [0.1, 0.15) is 11.4 Å². The van der Waals surface area contributed by atoms with Gasteiger partial charge in [0.15, 0.2) is 5.78 Å². The Hall–Kier alpha value is -3.47. The number of pyridine rings is 1. The smallest absolute Gasteiger partial charge is 0.256 e. The van der Waals surface area contributed by atoms with Crippen LogP contribution in [0, 0.1) is 13.8 Å². The first-order chi connectivity index (χ1) is 13.0. The number of hydrogen-bond donors (Lipinski definition) is 1. The van der Waals surface area contributed by atoms with Crippen molar-refractivity contribution in [3.63, 3.8) is 0 Å². The second-order valence-corrected chi connectivity index (χ2v) is 6.22. The van der Waals surface area contributed by atoms with E-state index >= 15 is 0 Å². The SMILES string of the molecule is COc1ccncc1NC(=O)c1ccccc1C(=O)c1cc(C)ccc1C. The lowest BCUT2D eigenvalue weighted by molar-refractivity contribution is 0.0996. The summed E-state index contributed by atoms with van der Waals surface area (Å²) in [4.78, 5) is 30.0. The van der Waals surface area contributed by atoms with Gasteiger partial charge >= 0.3 is 0 Å². The van der Waals surface area contributed by atoms with Crippen molar-refractivity contribution in [3.8, 4) is 5.75 Å². The molecule has 3 aromatic rings. The first kappa shape index (κ1) is 18.3. The van der Waals surface area contributed by atoms with Crippen LogP contribution in [-0.2, 0) is 0 Å². The average molecular weight is 360 g/mol. The fraction of sp³-hybridized carbons (Fsp3) is 0.136. The molecule has 136 valence electrons. The third kappa shape index (κ3) is 3.87. The molecule has 0 bridgehead atoms. The summed E-state index contributed by atoms with van der Waals surface area (Å²) in [6.07, 6.45) is 3.08. The number of methoxy groups -OCH3 is 1. The molecule has 0 aliphatic rings. The molecule has 0 aliphatic heterocycles. The third-order valence-corrected chi connectivity index (χ3v) is 4.30. The number of nitrogens with one attached hydrogen (secondary N) is 1. The van der Waals surface area contributed by atoms with Crippen LogP contribution in [0.1, 0.15) is 37.4 Å². The molecule has 0 radical (unpaired) electrons. The predicted octanol–water partition coefficient (Wildman–Crippen LogP) is 4.19. The molecule has 5 nitrogen and oxygen atoms in total. The van der Waals surface area contributed by atoms with Gasteiger partial charge < -0.3 is 10.1 Å². The molecule has 2 aromatic carbocycles. The van der Waals surface area contributed by atoms with Crippen LogP contribution in [0.25, 0.3) is 0 Å². The molecule has 1 amide bonds. The van der Waals surface area contributed by atoms with Crippen LogP contribution in [0.15, 0.2) is 60.9 Å². The molecule has 1 heterocycles. The highest BCUT2D eigenvalue weighted by Crippen LogP contribution is 2.24. The van der Waals surface area contributed by atoms with Gasteiger partial charge in [-0.3, -0.25) is 14.6 Å². The molecule has 0 unspecified atom stereocenters. The topological polar surface area (TPSA) is 68.3 Å². The molecule has 5 heteroatoms. The lowest BCUT2D eigenvalue weighted by Gasteiger charge is -2.13. The minimum atomic E-state index is -0.393. The molecule has 0 saturated heterocycles. The maximum Gasteiger partial charge on any atom is 0.256 e. The van der Waals surface area contributed by atoms with Crippen LogP contribution in [-0.4, -0.2) is 23.8 Å². The number of carbonyl (C=O) groups excluding carboxylic acids is 2. The second kappa shape index (κ2) is 7.83. The Labute approximate surface area is 158 Å². The Bertz CT molecular complexity index is 1010. The number of rotatable bonds is 5. The van der Waals surface area contributed by atoms with Gasteiger partial charge in [-0.15, -0.1) is 0 Å². The monoisotopic (exact) mass is 360 g/mol. The minimum absolute atomic E-state index is 0.180. The van der Waals surface area contributed by atoms with Crippen LogP contribution in [0.4, 0.5) is 5.69 Å². The lowest BCUT2D eigenvalue weighted by atomic mass is 9.94. The van der Waals surface area contributed by atoms with Gasteiger partial charge in [0.25, 0.3) is 5.91 Å². The summed E-state index contributed by atoms with van der Waals surface area (Å²) in [6.45, 7) is 3.82. The minimum Gasteiger partial charge on any atom is -0.494 e. The van der Waals surface area contributed by atoms with Crippen molar-refractivity contribution >= 4 is 17.4 Å². The maximum atomic E-state index is 13.1. The number of carbonyl (C=O) groups is 2. The molecule has 0 spiro atoms. The van der Waals surface area contributed by atoms with Crippen LogP contribution in [0.5, 0.6) is 5.75 Å². The molecule has 27 heavy (non-hydrogen) atoms. The summed E-state index contributed by atoms with van der Waals surface area (Å²) in [5.41, 5.74) is 3.55. The van der Waals surface area contributed by atoms with Crippen molar-refractivity contribution < 1.29 is 14.3 Å². The van der Waals surface area contributed by atoms with E-state index in [-0.39, 0.29) is 5.78 Å². The summed E-state index contributed by atoms with van der Waals surface area (Å²) in [6, 6.07) is 14.1. The van der Waals surface area contributed by atoms with Gasteiger partial charge in [0.05, 0.1) is 18.9 Å². The van der Waals surface area contributed by atoms with Crippen LogP contribution in [0.2, 0.25) is 0 Å². The summed E-state index contributed by atoms with van der Waals surface area (Å²) >= 11 is 0.